The molecule has 1 aromatic heterocycles. The molecule has 0 radical (unpaired) electrons. The zero-order chi connectivity index (χ0) is 13.0. The molecule has 1 heterocycles. The van der Waals surface area contributed by atoms with E-state index < -0.39 is 6.09 Å². The predicted molar refractivity (Wildman–Crippen MR) is 67.9 cm³/mol. The van der Waals surface area contributed by atoms with Crippen LogP contribution < -0.4 is 10.1 Å². The summed E-state index contributed by atoms with van der Waals surface area (Å²) in [6, 6.07) is 9.02. The van der Waals surface area contributed by atoms with Crippen molar-refractivity contribution < 1.29 is 14.6 Å². The van der Waals surface area contributed by atoms with E-state index in [2.05, 4.69) is 10.3 Å². The summed E-state index contributed by atoms with van der Waals surface area (Å²) in [5, 5.41) is 11.0. The second-order valence-corrected chi connectivity index (χ2v) is 3.58. The lowest BCUT2D eigenvalue weighted by Gasteiger charge is -2.10. The van der Waals surface area contributed by atoms with Crippen molar-refractivity contribution in [3.63, 3.8) is 0 Å². The van der Waals surface area contributed by atoms with Crippen LogP contribution in [0.5, 0.6) is 5.75 Å². The fourth-order valence-electron chi connectivity index (χ4n) is 1.63. The number of nitrogens with zero attached hydrogens (tertiary/aromatic N) is 1. The SMILES string of the molecule is COc1cc(-c2ccncc2)ccc1NC(=O)O. The first kappa shape index (κ1) is 11.9. The third-order valence-electron chi connectivity index (χ3n) is 2.46. The first-order valence-electron chi connectivity index (χ1n) is 5.29. The molecule has 0 saturated heterocycles. The molecule has 2 rings (SSSR count). The summed E-state index contributed by atoms with van der Waals surface area (Å²) >= 11 is 0. The summed E-state index contributed by atoms with van der Waals surface area (Å²) in [4.78, 5) is 14.6. The highest BCUT2D eigenvalue weighted by molar-refractivity contribution is 5.86. The number of carbonyl (C=O) groups is 1. The maximum absolute atomic E-state index is 10.6. The number of anilines is 1. The van der Waals surface area contributed by atoms with Gasteiger partial charge in [-0.3, -0.25) is 10.3 Å². The van der Waals surface area contributed by atoms with Crippen molar-refractivity contribution in [3.05, 3.63) is 42.7 Å². The Balaban J connectivity index is 2.39. The van der Waals surface area contributed by atoms with E-state index in [1.54, 1.807) is 24.5 Å². The van der Waals surface area contributed by atoms with Crippen LogP contribution in [-0.2, 0) is 0 Å². The van der Waals surface area contributed by atoms with E-state index in [9.17, 15) is 4.79 Å². The van der Waals surface area contributed by atoms with Gasteiger partial charge in [-0.1, -0.05) is 6.07 Å². The Hall–Kier alpha value is -2.56. The standard InChI is InChI=1S/C13H12N2O3/c1-18-12-8-10(9-4-6-14-7-5-9)2-3-11(12)15-13(16)17/h2-8,15H,1H3,(H,16,17). The molecule has 0 aliphatic rings. The van der Waals surface area contributed by atoms with Gasteiger partial charge in [0, 0.05) is 12.4 Å². The molecule has 0 spiro atoms. The highest BCUT2D eigenvalue weighted by Crippen LogP contribution is 2.30. The van der Waals surface area contributed by atoms with Gasteiger partial charge in [0.05, 0.1) is 12.8 Å². The first-order valence-corrected chi connectivity index (χ1v) is 5.29. The highest BCUT2D eigenvalue weighted by Gasteiger charge is 2.07. The minimum atomic E-state index is -1.12. The van der Waals surface area contributed by atoms with Crippen LogP contribution in [0, 0.1) is 0 Å². The number of methoxy groups -OCH3 is 1. The van der Waals surface area contributed by atoms with Crippen molar-refractivity contribution in [2.75, 3.05) is 12.4 Å². The Morgan fingerprint density at radius 1 is 1.22 bits per heavy atom. The highest BCUT2D eigenvalue weighted by atomic mass is 16.5. The van der Waals surface area contributed by atoms with E-state index in [0.29, 0.717) is 11.4 Å². The van der Waals surface area contributed by atoms with Crippen molar-refractivity contribution in [1.82, 2.24) is 4.98 Å². The average Bonchev–Trinajstić information content (AvgIpc) is 2.39. The number of amides is 1. The topological polar surface area (TPSA) is 71.5 Å². The maximum Gasteiger partial charge on any atom is 0.409 e. The molecule has 0 atom stereocenters. The van der Waals surface area contributed by atoms with E-state index in [-0.39, 0.29) is 0 Å². The van der Waals surface area contributed by atoms with Crippen LogP contribution in [0.1, 0.15) is 0 Å². The molecule has 0 aliphatic heterocycles. The molecule has 2 N–H and O–H groups in total. The second kappa shape index (κ2) is 5.18. The summed E-state index contributed by atoms with van der Waals surface area (Å²) in [7, 11) is 1.50. The van der Waals surface area contributed by atoms with Crippen molar-refractivity contribution in [3.8, 4) is 16.9 Å². The largest absolute Gasteiger partial charge is 0.495 e. The zero-order valence-corrected chi connectivity index (χ0v) is 9.75. The number of aromatic nitrogens is 1. The molecule has 18 heavy (non-hydrogen) atoms. The van der Waals surface area contributed by atoms with E-state index in [1.165, 1.54) is 7.11 Å². The van der Waals surface area contributed by atoms with Gasteiger partial charge in [0.2, 0.25) is 0 Å². The molecule has 1 aromatic carbocycles. The van der Waals surface area contributed by atoms with Crippen LogP contribution in [0.3, 0.4) is 0 Å². The number of benzene rings is 1. The van der Waals surface area contributed by atoms with Gasteiger partial charge in [-0.2, -0.15) is 0 Å². The van der Waals surface area contributed by atoms with E-state index in [0.717, 1.165) is 11.1 Å². The second-order valence-electron chi connectivity index (χ2n) is 3.58. The van der Waals surface area contributed by atoms with Crippen LogP contribution in [-0.4, -0.2) is 23.3 Å². The molecular weight excluding hydrogens is 232 g/mol. The summed E-state index contributed by atoms with van der Waals surface area (Å²) in [6.07, 6.45) is 2.28. The van der Waals surface area contributed by atoms with Crippen LogP contribution in [0.4, 0.5) is 10.5 Å². The molecular formula is C13H12N2O3. The fraction of sp³-hybridized carbons (Fsp3) is 0.0769. The molecule has 0 saturated carbocycles. The van der Waals surface area contributed by atoms with Crippen LogP contribution >= 0.6 is 0 Å². The summed E-state index contributed by atoms with van der Waals surface area (Å²) in [5.74, 6) is 0.478. The van der Waals surface area contributed by atoms with Crippen LogP contribution in [0.25, 0.3) is 11.1 Å². The molecule has 0 unspecified atom stereocenters. The number of nitrogens with one attached hydrogen (secondary N) is 1. The Bertz CT molecular complexity index is 555. The number of ether oxygens (including phenoxy) is 1. The monoisotopic (exact) mass is 244 g/mol. The van der Waals surface area contributed by atoms with Gasteiger partial charge in [0.25, 0.3) is 0 Å². The maximum atomic E-state index is 10.6. The molecule has 2 aromatic rings. The first-order chi connectivity index (χ1) is 8.70. The normalized spacial score (nSPS) is 9.83. The summed E-state index contributed by atoms with van der Waals surface area (Å²) in [5.41, 5.74) is 2.35. The average molecular weight is 244 g/mol. The van der Waals surface area contributed by atoms with Crippen molar-refractivity contribution in [2.45, 2.75) is 0 Å². The lowest BCUT2D eigenvalue weighted by molar-refractivity contribution is 0.209. The predicted octanol–water partition coefficient (Wildman–Crippen LogP) is 2.85. The van der Waals surface area contributed by atoms with Crippen LogP contribution in [0.2, 0.25) is 0 Å². The number of hydrogen-bond donors (Lipinski definition) is 2. The fourth-order valence-corrected chi connectivity index (χ4v) is 1.63. The van der Waals surface area contributed by atoms with Crippen molar-refractivity contribution >= 4 is 11.8 Å². The van der Waals surface area contributed by atoms with Crippen LogP contribution in [0.15, 0.2) is 42.7 Å². The van der Waals surface area contributed by atoms with Gasteiger partial charge >= 0.3 is 6.09 Å². The van der Waals surface area contributed by atoms with Gasteiger partial charge in [0.15, 0.2) is 0 Å². The minimum Gasteiger partial charge on any atom is -0.495 e. The summed E-state index contributed by atoms with van der Waals surface area (Å²) < 4.78 is 5.17. The summed E-state index contributed by atoms with van der Waals surface area (Å²) in [6.45, 7) is 0. The lowest BCUT2D eigenvalue weighted by Crippen LogP contribution is -2.08. The third kappa shape index (κ3) is 2.57. The smallest absolute Gasteiger partial charge is 0.409 e. The molecule has 92 valence electrons. The van der Waals surface area contributed by atoms with Gasteiger partial charge < -0.3 is 9.84 Å². The van der Waals surface area contributed by atoms with Crippen molar-refractivity contribution in [1.29, 1.82) is 0 Å². The Labute approximate surface area is 104 Å². The quantitative estimate of drug-likeness (QED) is 0.870. The number of carboxylic acid groups (broad SMARTS) is 1. The van der Waals surface area contributed by atoms with Gasteiger partial charge in [-0.25, -0.2) is 4.79 Å². The molecule has 0 bridgehead atoms. The molecule has 0 fully saturated rings. The van der Waals surface area contributed by atoms with E-state index >= 15 is 0 Å². The third-order valence-corrected chi connectivity index (χ3v) is 2.46. The number of rotatable bonds is 3. The van der Waals surface area contributed by atoms with Gasteiger partial charge in [-0.15, -0.1) is 0 Å². The van der Waals surface area contributed by atoms with Crippen molar-refractivity contribution in [2.24, 2.45) is 0 Å². The molecule has 1 amide bonds. The van der Waals surface area contributed by atoms with Gasteiger partial charge in [-0.05, 0) is 35.4 Å². The number of hydrogen-bond acceptors (Lipinski definition) is 3. The molecule has 0 aliphatic carbocycles. The minimum absolute atomic E-state index is 0.419. The van der Waals surface area contributed by atoms with E-state index in [4.69, 9.17) is 9.84 Å². The molecule has 5 heteroatoms. The molecule has 5 nitrogen and oxygen atoms in total. The Morgan fingerprint density at radius 2 is 1.94 bits per heavy atom. The number of pyridine rings is 1. The van der Waals surface area contributed by atoms with E-state index in [1.807, 2.05) is 18.2 Å². The Morgan fingerprint density at radius 3 is 2.56 bits per heavy atom. The lowest BCUT2D eigenvalue weighted by atomic mass is 10.1. The van der Waals surface area contributed by atoms with Gasteiger partial charge in [0.1, 0.15) is 5.75 Å². The zero-order valence-electron chi connectivity index (χ0n) is 9.75. The Kier molecular flexibility index (Phi) is 3.43.